The van der Waals surface area contributed by atoms with E-state index in [1.165, 1.54) is 0 Å². The van der Waals surface area contributed by atoms with E-state index in [0.29, 0.717) is 0 Å². The lowest BCUT2D eigenvalue weighted by Gasteiger charge is -2.10. The van der Waals surface area contributed by atoms with E-state index >= 15 is 0 Å². The molecule has 0 aliphatic heterocycles. The summed E-state index contributed by atoms with van der Waals surface area (Å²) in [7, 11) is 0. The van der Waals surface area contributed by atoms with E-state index in [1.807, 2.05) is 24.3 Å². The molecule has 0 aromatic heterocycles. The second-order valence-corrected chi connectivity index (χ2v) is 4.50. The van der Waals surface area contributed by atoms with Crippen LogP contribution in [0.2, 0.25) is 0 Å². The number of halogens is 1. The third-order valence-electron chi connectivity index (χ3n) is 1.82. The maximum Gasteiger partial charge on any atom is 0.163 e. The number of benzene rings is 1. The summed E-state index contributed by atoms with van der Waals surface area (Å²) in [4.78, 5) is 0. The molecule has 64 valence electrons. The summed E-state index contributed by atoms with van der Waals surface area (Å²) in [5.74, 6) is 0.874. The van der Waals surface area contributed by atoms with E-state index < -0.39 is 0 Å². The molecule has 0 amide bonds. The minimum Gasteiger partial charge on any atom is -0.476 e. The molecule has 12 heavy (non-hydrogen) atoms. The second kappa shape index (κ2) is 2.66. The van der Waals surface area contributed by atoms with Crippen molar-refractivity contribution in [3.63, 3.8) is 0 Å². The molecule has 2 rings (SSSR count). The average molecular weight is 228 g/mol. The minimum atomic E-state index is -0.0802. The highest BCUT2D eigenvalue weighted by atomic mass is 79.9. The Morgan fingerprint density at radius 2 is 1.83 bits per heavy atom. The van der Waals surface area contributed by atoms with Crippen LogP contribution in [0, 0.1) is 0 Å². The molecule has 1 aliphatic carbocycles. The first-order valence-electron chi connectivity index (χ1n) is 3.91. The van der Waals surface area contributed by atoms with E-state index in [0.717, 1.165) is 24.3 Å². The van der Waals surface area contributed by atoms with E-state index in [1.54, 1.807) is 0 Å². The topological polar surface area (TPSA) is 35.2 Å². The van der Waals surface area contributed by atoms with Gasteiger partial charge in [0.1, 0.15) is 5.75 Å². The van der Waals surface area contributed by atoms with E-state index in [9.17, 15) is 0 Å². The zero-order chi connectivity index (χ0) is 8.60. The van der Waals surface area contributed by atoms with Crippen LogP contribution in [0.1, 0.15) is 12.8 Å². The van der Waals surface area contributed by atoms with Crippen LogP contribution in [0.5, 0.6) is 5.75 Å². The van der Waals surface area contributed by atoms with Crippen LogP contribution in [0.25, 0.3) is 0 Å². The Labute approximate surface area is 79.8 Å². The molecule has 3 heteroatoms. The molecule has 0 unspecified atom stereocenters. The van der Waals surface area contributed by atoms with Crippen molar-refractivity contribution in [3.05, 3.63) is 24.3 Å². The van der Waals surface area contributed by atoms with Gasteiger partial charge in [-0.15, -0.1) is 0 Å². The van der Waals surface area contributed by atoms with Gasteiger partial charge in [0.2, 0.25) is 0 Å². The van der Waals surface area contributed by atoms with Crippen LogP contribution in [-0.4, -0.2) is 4.51 Å². The Morgan fingerprint density at radius 1 is 1.25 bits per heavy atom. The number of nitrogen functional groups attached to an aromatic ring is 1. The van der Waals surface area contributed by atoms with Gasteiger partial charge in [0.15, 0.2) is 4.51 Å². The number of alkyl halides is 1. The minimum absolute atomic E-state index is 0.0802. The van der Waals surface area contributed by atoms with Crippen molar-refractivity contribution in [2.45, 2.75) is 17.4 Å². The highest BCUT2D eigenvalue weighted by molar-refractivity contribution is 9.10. The lowest BCUT2D eigenvalue weighted by molar-refractivity contribution is 0.278. The normalized spacial score (nSPS) is 18.8. The quantitative estimate of drug-likeness (QED) is 0.623. The van der Waals surface area contributed by atoms with E-state index in [-0.39, 0.29) is 4.51 Å². The first kappa shape index (κ1) is 7.92. The van der Waals surface area contributed by atoms with Crippen LogP contribution in [0.3, 0.4) is 0 Å². The average Bonchev–Trinajstić information content (AvgIpc) is 2.74. The predicted molar refractivity (Wildman–Crippen MR) is 52.4 cm³/mol. The predicted octanol–water partition coefficient (Wildman–Crippen LogP) is 2.53. The number of ether oxygens (including phenoxy) is 1. The summed E-state index contributed by atoms with van der Waals surface area (Å²) in [5, 5.41) is 0. The maximum atomic E-state index is 5.63. The number of hydrogen-bond donors (Lipinski definition) is 1. The first-order valence-corrected chi connectivity index (χ1v) is 4.71. The fourth-order valence-corrected chi connectivity index (χ4v) is 1.33. The van der Waals surface area contributed by atoms with Gasteiger partial charge in [0.05, 0.1) is 0 Å². The Kier molecular flexibility index (Phi) is 1.76. The monoisotopic (exact) mass is 227 g/mol. The summed E-state index contributed by atoms with van der Waals surface area (Å²) in [6.07, 6.45) is 2.16. The van der Waals surface area contributed by atoms with Gasteiger partial charge in [-0.3, -0.25) is 0 Å². The van der Waals surface area contributed by atoms with Crippen molar-refractivity contribution in [2.24, 2.45) is 0 Å². The molecule has 2 nitrogen and oxygen atoms in total. The van der Waals surface area contributed by atoms with Gasteiger partial charge in [-0.05, 0) is 40.2 Å². The van der Waals surface area contributed by atoms with Gasteiger partial charge in [0, 0.05) is 18.5 Å². The molecule has 0 saturated heterocycles. The standard InChI is InChI=1S/C9H10BrNO/c10-9(5-6-9)12-8-3-1-7(11)2-4-8/h1-4H,5-6,11H2. The third kappa shape index (κ3) is 1.72. The van der Waals surface area contributed by atoms with Crippen LogP contribution in [-0.2, 0) is 0 Å². The second-order valence-electron chi connectivity index (χ2n) is 3.05. The zero-order valence-electron chi connectivity index (χ0n) is 6.59. The highest BCUT2D eigenvalue weighted by Gasteiger charge is 2.42. The SMILES string of the molecule is Nc1ccc(OC2(Br)CC2)cc1. The maximum absolute atomic E-state index is 5.63. The Morgan fingerprint density at radius 3 is 2.33 bits per heavy atom. The van der Waals surface area contributed by atoms with Gasteiger partial charge < -0.3 is 10.5 Å². The summed E-state index contributed by atoms with van der Waals surface area (Å²) in [6.45, 7) is 0. The summed E-state index contributed by atoms with van der Waals surface area (Å²) in [5.41, 5.74) is 6.30. The molecule has 1 fully saturated rings. The van der Waals surface area contributed by atoms with Crippen LogP contribution in [0.4, 0.5) is 5.69 Å². The molecule has 0 atom stereocenters. The zero-order valence-corrected chi connectivity index (χ0v) is 8.17. The molecular formula is C9H10BrNO. The molecular weight excluding hydrogens is 218 g/mol. The number of hydrogen-bond acceptors (Lipinski definition) is 2. The summed E-state index contributed by atoms with van der Waals surface area (Å²) in [6, 6.07) is 7.45. The van der Waals surface area contributed by atoms with Gasteiger partial charge in [-0.1, -0.05) is 0 Å². The Hall–Kier alpha value is -0.700. The van der Waals surface area contributed by atoms with Gasteiger partial charge in [-0.25, -0.2) is 0 Å². The smallest absolute Gasteiger partial charge is 0.163 e. The molecule has 2 N–H and O–H groups in total. The van der Waals surface area contributed by atoms with Crippen molar-refractivity contribution in [2.75, 3.05) is 5.73 Å². The number of rotatable bonds is 2. The molecule has 0 spiro atoms. The molecule has 0 bridgehead atoms. The summed E-state index contributed by atoms with van der Waals surface area (Å²) < 4.78 is 5.55. The summed E-state index contributed by atoms with van der Waals surface area (Å²) >= 11 is 3.49. The fourth-order valence-electron chi connectivity index (χ4n) is 0.947. The van der Waals surface area contributed by atoms with Crippen molar-refractivity contribution >= 4 is 21.6 Å². The van der Waals surface area contributed by atoms with Gasteiger partial charge in [-0.2, -0.15) is 0 Å². The van der Waals surface area contributed by atoms with E-state index in [4.69, 9.17) is 10.5 Å². The van der Waals surface area contributed by atoms with Crippen molar-refractivity contribution in [1.29, 1.82) is 0 Å². The van der Waals surface area contributed by atoms with Crippen molar-refractivity contribution in [3.8, 4) is 5.75 Å². The Balaban J connectivity index is 2.08. The van der Waals surface area contributed by atoms with Crippen LogP contribution >= 0.6 is 15.9 Å². The largest absolute Gasteiger partial charge is 0.476 e. The van der Waals surface area contributed by atoms with E-state index in [2.05, 4.69) is 15.9 Å². The number of nitrogens with two attached hydrogens (primary N) is 1. The molecule has 1 aliphatic rings. The van der Waals surface area contributed by atoms with Crippen LogP contribution in [0.15, 0.2) is 24.3 Å². The van der Waals surface area contributed by atoms with Crippen molar-refractivity contribution < 1.29 is 4.74 Å². The van der Waals surface area contributed by atoms with Crippen molar-refractivity contribution in [1.82, 2.24) is 0 Å². The highest BCUT2D eigenvalue weighted by Crippen LogP contribution is 2.45. The lowest BCUT2D eigenvalue weighted by Crippen LogP contribution is -2.07. The molecule has 1 aromatic carbocycles. The molecule has 1 aromatic rings. The molecule has 0 radical (unpaired) electrons. The van der Waals surface area contributed by atoms with Crippen LogP contribution < -0.4 is 10.5 Å². The fraction of sp³-hybridized carbons (Fsp3) is 0.333. The third-order valence-corrected chi connectivity index (χ3v) is 2.78. The Bertz CT molecular complexity index is 279. The lowest BCUT2D eigenvalue weighted by atomic mass is 10.3. The first-order chi connectivity index (χ1) is 5.68. The van der Waals surface area contributed by atoms with Gasteiger partial charge >= 0.3 is 0 Å². The van der Waals surface area contributed by atoms with Gasteiger partial charge in [0.25, 0.3) is 0 Å². The molecule has 0 heterocycles. The molecule has 1 saturated carbocycles. The number of anilines is 1.